The Labute approximate surface area is 75.7 Å². The number of nitrogens with one attached hydrogen (secondary N) is 1. The maximum absolute atomic E-state index is 8.63. The Balaban J connectivity index is 3.25. The van der Waals surface area contributed by atoms with Crippen LogP contribution in [0.15, 0.2) is 12.7 Å². The van der Waals surface area contributed by atoms with Crippen molar-refractivity contribution in [3.05, 3.63) is 19.1 Å². The van der Waals surface area contributed by atoms with E-state index in [-0.39, 0.29) is 12.6 Å². The summed E-state index contributed by atoms with van der Waals surface area (Å²) in [5, 5.41) is 11.9. The molecule has 0 aromatic heterocycles. The molecule has 71 valence electrons. The molecular formula is C10H20NO. The molecule has 0 saturated heterocycles. The van der Waals surface area contributed by atoms with Gasteiger partial charge in [-0.1, -0.05) is 25.8 Å². The Morgan fingerprint density at radius 2 is 2.25 bits per heavy atom. The van der Waals surface area contributed by atoms with Crippen molar-refractivity contribution in [3.8, 4) is 0 Å². The van der Waals surface area contributed by atoms with Crippen LogP contribution >= 0.6 is 0 Å². The molecule has 0 amide bonds. The highest BCUT2D eigenvalue weighted by atomic mass is 16.3. The highest BCUT2D eigenvalue weighted by Crippen LogP contribution is 1.94. The van der Waals surface area contributed by atoms with E-state index >= 15 is 0 Å². The fraction of sp³-hybridized carbons (Fsp3) is 0.700. The summed E-state index contributed by atoms with van der Waals surface area (Å²) in [7, 11) is 0. The van der Waals surface area contributed by atoms with Gasteiger partial charge < -0.3 is 10.4 Å². The summed E-state index contributed by atoms with van der Waals surface area (Å²) in [5.41, 5.74) is 0. The Morgan fingerprint density at radius 1 is 1.50 bits per heavy atom. The molecule has 1 unspecified atom stereocenters. The van der Waals surface area contributed by atoms with Crippen molar-refractivity contribution in [1.29, 1.82) is 0 Å². The van der Waals surface area contributed by atoms with Gasteiger partial charge in [-0.25, -0.2) is 0 Å². The maximum Gasteiger partial charge on any atom is 0.0481 e. The van der Waals surface area contributed by atoms with Crippen molar-refractivity contribution in [2.45, 2.75) is 32.2 Å². The van der Waals surface area contributed by atoms with Crippen LogP contribution in [0, 0.1) is 6.42 Å². The third kappa shape index (κ3) is 6.38. The van der Waals surface area contributed by atoms with E-state index < -0.39 is 0 Å². The van der Waals surface area contributed by atoms with Gasteiger partial charge in [0.25, 0.3) is 0 Å². The van der Waals surface area contributed by atoms with Gasteiger partial charge in [0.15, 0.2) is 0 Å². The topological polar surface area (TPSA) is 32.3 Å². The third-order valence-electron chi connectivity index (χ3n) is 1.77. The van der Waals surface area contributed by atoms with E-state index in [0.29, 0.717) is 0 Å². The predicted molar refractivity (Wildman–Crippen MR) is 52.9 cm³/mol. The summed E-state index contributed by atoms with van der Waals surface area (Å²) in [5.74, 6) is 0. The van der Waals surface area contributed by atoms with Gasteiger partial charge in [0.2, 0.25) is 0 Å². The number of aliphatic hydroxyl groups is 1. The zero-order chi connectivity index (χ0) is 9.23. The zero-order valence-corrected chi connectivity index (χ0v) is 7.92. The van der Waals surface area contributed by atoms with Gasteiger partial charge >= 0.3 is 0 Å². The van der Waals surface area contributed by atoms with Gasteiger partial charge in [-0.15, -0.1) is 6.58 Å². The highest BCUT2D eigenvalue weighted by molar-refractivity contribution is 4.95. The van der Waals surface area contributed by atoms with Crippen LogP contribution in [0.1, 0.15) is 26.2 Å². The maximum atomic E-state index is 8.63. The lowest BCUT2D eigenvalue weighted by molar-refractivity contribution is 0.318. The smallest absolute Gasteiger partial charge is 0.0481 e. The molecule has 0 aliphatic heterocycles. The van der Waals surface area contributed by atoms with E-state index in [9.17, 15) is 0 Å². The van der Waals surface area contributed by atoms with Gasteiger partial charge in [0, 0.05) is 19.1 Å². The number of unbranched alkanes of at least 4 members (excludes halogenated alkanes) is 2. The summed E-state index contributed by atoms with van der Waals surface area (Å²) < 4.78 is 0. The number of hydrogen-bond acceptors (Lipinski definition) is 2. The molecule has 0 rings (SSSR count). The molecule has 0 heterocycles. The van der Waals surface area contributed by atoms with Crippen molar-refractivity contribution in [2.24, 2.45) is 0 Å². The Morgan fingerprint density at radius 3 is 2.75 bits per heavy atom. The van der Waals surface area contributed by atoms with Crippen LogP contribution in [0.2, 0.25) is 0 Å². The van der Waals surface area contributed by atoms with Crippen molar-refractivity contribution in [3.63, 3.8) is 0 Å². The molecule has 0 aliphatic rings. The molecule has 0 spiro atoms. The molecule has 12 heavy (non-hydrogen) atoms. The first-order valence-electron chi connectivity index (χ1n) is 4.65. The first-order chi connectivity index (χ1) is 5.85. The fourth-order valence-corrected chi connectivity index (χ4v) is 1.02. The normalized spacial score (nSPS) is 12.8. The molecule has 0 saturated carbocycles. The van der Waals surface area contributed by atoms with Crippen LogP contribution in [0.4, 0.5) is 0 Å². The van der Waals surface area contributed by atoms with E-state index in [1.807, 2.05) is 6.08 Å². The fourth-order valence-electron chi connectivity index (χ4n) is 1.02. The molecule has 1 atom stereocenters. The average molecular weight is 170 g/mol. The second-order valence-corrected chi connectivity index (χ2v) is 2.84. The van der Waals surface area contributed by atoms with E-state index in [0.717, 1.165) is 6.54 Å². The molecule has 0 bridgehead atoms. The minimum Gasteiger partial charge on any atom is -0.396 e. The molecule has 2 heteroatoms. The number of rotatable bonds is 8. The lowest BCUT2D eigenvalue weighted by atomic mass is 10.2. The van der Waals surface area contributed by atoms with Crippen LogP contribution in [0.5, 0.6) is 0 Å². The first-order valence-corrected chi connectivity index (χ1v) is 4.65. The molecule has 0 fully saturated rings. The molecule has 2 N–H and O–H groups in total. The lowest BCUT2D eigenvalue weighted by Gasteiger charge is -2.12. The molecular weight excluding hydrogens is 150 g/mol. The van der Waals surface area contributed by atoms with Crippen LogP contribution in [0.25, 0.3) is 0 Å². The van der Waals surface area contributed by atoms with Crippen molar-refractivity contribution < 1.29 is 5.11 Å². The molecule has 2 nitrogen and oxygen atoms in total. The second kappa shape index (κ2) is 8.75. The largest absolute Gasteiger partial charge is 0.396 e. The van der Waals surface area contributed by atoms with E-state index in [1.54, 1.807) is 6.42 Å². The molecule has 0 aromatic carbocycles. The third-order valence-corrected chi connectivity index (χ3v) is 1.77. The summed E-state index contributed by atoms with van der Waals surface area (Å²) in [6.07, 6.45) is 7.31. The number of aliphatic hydroxyl groups excluding tert-OH is 1. The SMILES string of the molecule is C=CC([CH]CO)NCCCCC. The van der Waals surface area contributed by atoms with Gasteiger partial charge in [0.1, 0.15) is 0 Å². The van der Waals surface area contributed by atoms with Gasteiger partial charge in [0.05, 0.1) is 0 Å². The summed E-state index contributed by atoms with van der Waals surface area (Å²) in [4.78, 5) is 0. The lowest BCUT2D eigenvalue weighted by Crippen LogP contribution is -2.29. The molecule has 0 aliphatic carbocycles. The summed E-state index contributed by atoms with van der Waals surface area (Å²) in [6.45, 7) is 6.97. The van der Waals surface area contributed by atoms with E-state index in [1.165, 1.54) is 19.3 Å². The van der Waals surface area contributed by atoms with Crippen molar-refractivity contribution in [1.82, 2.24) is 5.32 Å². The van der Waals surface area contributed by atoms with Gasteiger partial charge in [-0.05, 0) is 13.0 Å². The average Bonchev–Trinajstić information content (AvgIpc) is 2.10. The Bertz CT molecular complexity index is 104. The summed E-state index contributed by atoms with van der Waals surface area (Å²) in [6, 6.07) is 0.159. The van der Waals surface area contributed by atoms with Gasteiger partial charge in [-0.2, -0.15) is 0 Å². The predicted octanol–water partition coefficient (Wildman–Crippen LogP) is 1.52. The minimum absolute atomic E-state index is 0.109. The van der Waals surface area contributed by atoms with Crippen LogP contribution in [0.3, 0.4) is 0 Å². The highest BCUT2D eigenvalue weighted by Gasteiger charge is 2.00. The molecule has 1 radical (unpaired) electrons. The Hall–Kier alpha value is -0.340. The number of hydrogen-bond donors (Lipinski definition) is 2. The van der Waals surface area contributed by atoms with Crippen molar-refractivity contribution >= 4 is 0 Å². The van der Waals surface area contributed by atoms with Crippen LogP contribution in [-0.2, 0) is 0 Å². The van der Waals surface area contributed by atoms with Crippen molar-refractivity contribution in [2.75, 3.05) is 13.2 Å². The molecule has 0 aromatic rings. The quantitative estimate of drug-likeness (QED) is 0.427. The first kappa shape index (κ1) is 11.7. The monoisotopic (exact) mass is 170 g/mol. The van der Waals surface area contributed by atoms with E-state index in [2.05, 4.69) is 18.8 Å². The van der Waals surface area contributed by atoms with Crippen LogP contribution in [-0.4, -0.2) is 24.3 Å². The summed E-state index contributed by atoms with van der Waals surface area (Å²) >= 11 is 0. The van der Waals surface area contributed by atoms with Crippen LogP contribution < -0.4 is 5.32 Å². The minimum atomic E-state index is 0.109. The standard InChI is InChI=1S/C10H20NO/c1-3-5-6-8-11-10(4-2)7-9-12/h4,7,10-12H,2-3,5-6,8-9H2,1H3. The zero-order valence-electron chi connectivity index (χ0n) is 7.92. The second-order valence-electron chi connectivity index (χ2n) is 2.84. The van der Waals surface area contributed by atoms with E-state index in [4.69, 9.17) is 5.11 Å². The Kier molecular flexibility index (Phi) is 8.51. The van der Waals surface area contributed by atoms with Gasteiger partial charge in [-0.3, -0.25) is 0 Å².